The lowest BCUT2D eigenvalue weighted by Gasteiger charge is -2.27. The van der Waals surface area contributed by atoms with E-state index >= 15 is 0 Å². The minimum absolute atomic E-state index is 0.172. The summed E-state index contributed by atoms with van der Waals surface area (Å²) >= 11 is 0. The van der Waals surface area contributed by atoms with Crippen molar-refractivity contribution in [2.45, 2.75) is 31.5 Å². The highest BCUT2D eigenvalue weighted by atomic mass is 16.5. The number of nitrogen functional groups attached to an aromatic ring is 1. The van der Waals surface area contributed by atoms with Crippen LogP contribution in [0.5, 0.6) is 5.88 Å². The van der Waals surface area contributed by atoms with Gasteiger partial charge in [-0.2, -0.15) is 0 Å². The maximum absolute atomic E-state index is 5.82. The predicted molar refractivity (Wildman–Crippen MR) is 100 cm³/mol. The van der Waals surface area contributed by atoms with Crippen LogP contribution in [0.2, 0.25) is 0 Å². The molecule has 0 spiro atoms. The third-order valence-corrected chi connectivity index (χ3v) is 4.81. The standard InChI is InChI=1S/C18H26N6O2/c1-12(13-4-5-20-18(6-13)26-3)21-9-14-7-15(25-2)10-24(14)17-8-16(19)22-11-23-17/h4-6,8,11-12,14-15,21H,7,9-10H2,1-3H3,(H2,19,22,23)/t12?,14-,15-/m1/s1. The molecule has 1 fully saturated rings. The van der Waals surface area contributed by atoms with Gasteiger partial charge in [0.05, 0.1) is 13.2 Å². The van der Waals surface area contributed by atoms with E-state index in [9.17, 15) is 0 Å². The van der Waals surface area contributed by atoms with E-state index in [2.05, 4.69) is 32.1 Å². The van der Waals surface area contributed by atoms with Crippen LogP contribution >= 0.6 is 0 Å². The second kappa shape index (κ2) is 8.29. The van der Waals surface area contributed by atoms with Crippen LogP contribution in [0.15, 0.2) is 30.7 Å². The monoisotopic (exact) mass is 358 g/mol. The van der Waals surface area contributed by atoms with Gasteiger partial charge in [-0.25, -0.2) is 15.0 Å². The average molecular weight is 358 g/mol. The van der Waals surface area contributed by atoms with E-state index in [4.69, 9.17) is 15.2 Å². The maximum atomic E-state index is 5.82. The molecule has 0 saturated carbocycles. The molecule has 0 aromatic carbocycles. The van der Waals surface area contributed by atoms with Crippen LogP contribution in [-0.4, -0.2) is 54.4 Å². The molecule has 1 aliphatic heterocycles. The van der Waals surface area contributed by atoms with Crippen molar-refractivity contribution < 1.29 is 9.47 Å². The number of pyridine rings is 1. The first-order valence-corrected chi connectivity index (χ1v) is 8.71. The van der Waals surface area contributed by atoms with Crippen molar-refractivity contribution in [1.82, 2.24) is 20.3 Å². The molecule has 0 aliphatic carbocycles. The zero-order valence-electron chi connectivity index (χ0n) is 15.4. The number of methoxy groups -OCH3 is 2. The van der Waals surface area contributed by atoms with Crippen LogP contribution in [0.4, 0.5) is 11.6 Å². The van der Waals surface area contributed by atoms with Gasteiger partial charge in [-0.1, -0.05) is 0 Å². The first kappa shape index (κ1) is 18.3. The number of rotatable bonds is 7. The lowest BCUT2D eigenvalue weighted by Crippen LogP contribution is -2.39. The highest BCUT2D eigenvalue weighted by molar-refractivity contribution is 5.48. The van der Waals surface area contributed by atoms with Gasteiger partial charge in [-0.15, -0.1) is 0 Å². The summed E-state index contributed by atoms with van der Waals surface area (Å²) in [5.74, 6) is 1.93. The number of nitrogens with zero attached hydrogens (tertiary/aromatic N) is 4. The van der Waals surface area contributed by atoms with Crippen molar-refractivity contribution in [2.75, 3.05) is 37.9 Å². The molecule has 2 aromatic heterocycles. The normalized spacial score (nSPS) is 21.0. The Morgan fingerprint density at radius 2 is 2.15 bits per heavy atom. The van der Waals surface area contributed by atoms with Crippen LogP contribution in [0.25, 0.3) is 0 Å². The third-order valence-electron chi connectivity index (χ3n) is 4.81. The second-order valence-electron chi connectivity index (χ2n) is 6.46. The van der Waals surface area contributed by atoms with Gasteiger partial charge in [0.15, 0.2) is 0 Å². The molecule has 0 bridgehead atoms. The quantitative estimate of drug-likeness (QED) is 0.766. The van der Waals surface area contributed by atoms with Crippen LogP contribution < -0.4 is 20.7 Å². The van der Waals surface area contributed by atoms with Crippen LogP contribution in [-0.2, 0) is 4.74 Å². The summed E-state index contributed by atoms with van der Waals surface area (Å²) in [6.45, 7) is 3.72. The summed E-state index contributed by atoms with van der Waals surface area (Å²) in [6.07, 6.45) is 4.37. The van der Waals surface area contributed by atoms with Crippen LogP contribution in [0.1, 0.15) is 24.9 Å². The number of nitrogens with one attached hydrogen (secondary N) is 1. The molecule has 3 heterocycles. The number of aromatic nitrogens is 3. The van der Waals surface area contributed by atoms with Gasteiger partial charge < -0.3 is 25.4 Å². The molecule has 3 rings (SSSR count). The molecule has 2 aromatic rings. The van der Waals surface area contributed by atoms with Gasteiger partial charge in [0.25, 0.3) is 0 Å². The lowest BCUT2D eigenvalue weighted by molar-refractivity contribution is 0.118. The lowest BCUT2D eigenvalue weighted by atomic mass is 10.1. The second-order valence-corrected chi connectivity index (χ2v) is 6.46. The third kappa shape index (κ3) is 4.20. The molecule has 26 heavy (non-hydrogen) atoms. The fraction of sp³-hybridized carbons (Fsp3) is 0.500. The van der Waals surface area contributed by atoms with E-state index in [1.54, 1.807) is 20.4 Å². The SMILES string of the molecule is COc1cc(C(C)NC[C@H]2C[C@@H](OC)CN2c2cc(N)ncn2)ccn1. The van der Waals surface area contributed by atoms with Crippen molar-refractivity contribution in [3.8, 4) is 5.88 Å². The van der Waals surface area contributed by atoms with Crippen LogP contribution in [0, 0.1) is 0 Å². The summed E-state index contributed by atoms with van der Waals surface area (Å²) in [4.78, 5) is 14.7. The Balaban J connectivity index is 1.68. The van der Waals surface area contributed by atoms with Crippen molar-refractivity contribution in [1.29, 1.82) is 0 Å². The topological polar surface area (TPSA) is 98.4 Å². The van der Waals surface area contributed by atoms with E-state index in [1.807, 2.05) is 18.2 Å². The Bertz CT molecular complexity index is 728. The van der Waals surface area contributed by atoms with Crippen molar-refractivity contribution >= 4 is 11.6 Å². The number of hydrogen-bond acceptors (Lipinski definition) is 8. The molecule has 140 valence electrons. The van der Waals surface area contributed by atoms with Crippen molar-refractivity contribution in [3.05, 3.63) is 36.3 Å². The van der Waals surface area contributed by atoms with Gasteiger partial charge in [0.2, 0.25) is 5.88 Å². The Morgan fingerprint density at radius 3 is 2.88 bits per heavy atom. The van der Waals surface area contributed by atoms with Gasteiger partial charge in [0, 0.05) is 50.6 Å². The van der Waals surface area contributed by atoms with Gasteiger partial charge in [0.1, 0.15) is 18.0 Å². The number of nitrogens with two attached hydrogens (primary N) is 1. The largest absolute Gasteiger partial charge is 0.481 e. The van der Waals surface area contributed by atoms with Crippen LogP contribution in [0.3, 0.4) is 0 Å². The summed E-state index contributed by atoms with van der Waals surface area (Å²) in [7, 11) is 3.37. The smallest absolute Gasteiger partial charge is 0.213 e. The average Bonchev–Trinajstić information content (AvgIpc) is 3.09. The predicted octanol–water partition coefficient (Wildman–Crippen LogP) is 1.41. The van der Waals surface area contributed by atoms with E-state index < -0.39 is 0 Å². The molecular weight excluding hydrogens is 332 g/mol. The van der Waals surface area contributed by atoms with Gasteiger partial charge in [-0.3, -0.25) is 0 Å². The van der Waals surface area contributed by atoms with E-state index in [0.29, 0.717) is 11.7 Å². The number of ether oxygens (including phenoxy) is 2. The van der Waals surface area contributed by atoms with Crippen molar-refractivity contribution in [2.24, 2.45) is 0 Å². The number of hydrogen-bond donors (Lipinski definition) is 2. The molecule has 3 atom stereocenters. The van der Waals surface area contributed by atoms with Gasteiger partial charge >= 0.3 is 0 Å². The first-order valence-electron chi connectivity index (χ1n) is 8.71. The number of anilines is 2. The summed E-state index contributed by atoms with van der Waals surface area (Å²) in [5, 5.41) is 3.60. The molecule has 8 heteroatoms. The Kier molecular flexibility index (Phi) is 5.85. The van der Waals surface area contributed by atoms with E-state index in [0.717, 1.165) is 30.9 Å². The highest BCUT2D eigenvalue weighted by Crippen LogP contribution is 2.26. The molecule has 1 saturated heterocycles. The van der Waals surface area contributed by atoms with Crippen molar-refractivity contribution in [3.63, 3.8) is 0 Å². The zero-order valence-corrected chi connectivity index (χ0v) is 15.4. The summed E-state index contributed by atoms with van der Waals surface area (Å²) in [6, 6.07) is 6.19. The molecular formula is C18H26N6O2. The Morgan fingerprint density at radius 1 is 1.31 bits per heavy atom. The van der Waals surface area contributed by atoms with Gasteiger partial charge in [-0.05, 0) is 25.0 Å². The Hall–Kier alpha value is -2.45. The fourth-order valence-corrected chi connectivity index (χ4v) is 3.27. The molecule has 0 amide bonds. The summed E-state index contributed by atoms with van der Waals surface area (Å²) in [5.41, 5.74) is 6.96. The van der Waals surface area contributed by atoms with E-state index in [1.165, 1.54) is 6.33 Å². The maximum Gasteiger partial charge on any atom is 0.213 e. The molecule has 0 radical (unpaired) electrons. The minimum Gasteiger partial charge on any atom is -0.481 e. The molecule has 3 N–H and O–H groups in total. The zero-order chi connectivity index (χ0) is 18.5. The van der Waals surface area contributed by atoms with E-state index in [-0.39, 0.29) is 18.2 Å². The molecule has 1 unspecified atom stereocenters. The Labute approximate surface area is 153 Å². The minimum atomic E-state index is 0.172. The highest BCUT2D eigenvalue weighted by Gasteiger charge is 2.33. The summed E-state index contributed by atoms with van der Waals surface area (Å²) < 4.78 is 10.8. The molecule has 1 aliphatic rings. The first-order chi connectivity index (χ1) is 12.6. The molecule has 8 nitrogen and oxygen atoms in total. The fourth-order valence-electron chi connectivity index (χ4n) is 3.27.